The van der Waals surface area contributed by atoms with Gasteiger partial charge in [0.15, 0.2) is 9.90 Å². The van der Waals surface area contributed by atoms with Crippen molar-refractivity contribution in [3.8, 4) is 0 Å². The number of carbonyl (C=O) groups excluding carboxylic acids is 1. The molecule has 112 valence electrons. The van der Waals surface area contributed by atoms with Crippen LogP contribution < -0.4 is 5.32 Å². The van der Waals surface area contributed by atoms with E-state index in [1.54, 1.807) is 0 Å². The van der Waals surface area contributed by atoms with Gasteiger partial charge in [0.2, 0.25) is 5.91 Å². The fraction of sp³-hybridized carbons (Fsp3) is 0.500. The first kappa shape index (κ1) is 16.5. The number of thiazole rings is 1. The molecule has 0 unspecified atom stereocenters. The minimum atomic E-state index is -4.04. The minimum Gasteiger partial charge on any atom is -0.476 e. The van der Waals surface area contributed by atoms with E-state index in [-0.39, 0.29) is 10.8 Å². The molecule has 0 aliphatic carbocycles. The first-order valence-electron chi connectivity index (χ1n) is 5.70. The summed E-state index contributed by atoms with van der Waals surface area (Å²) in [6.45, 7) is 1.95. The van der Waals surface area contributed by atoms with Crippen molar-refractivity contribution < 1.29 is 23.1 Å². The van der Waals surface area contributed by atoms with Crippen LogP contribution in [0.3, 0.4) is 0 Å². The molecule has 0 atom stereocenters. The van der Waals surface area contributed by atoms with Crippen LogP contribution in [-0.4, -0.2) is 54.8 Å². The fourth-order valence-electron chi connectivity index (χ4n) is 1.31. The van der Waals surface area contributed by atoms with Crippen LogP contribution >= 0.6 is 11.3 Å². The molecular formula is C10H15N3O5S2. The van der Waals surface area contributed by atoms with Gasteiger partial charge in [-0.05, 0) is 6.42 Å². The highest BCUT2D eigenvalue weighted by Gasteiger charge is 2.30. The smallest absolute Gasteiger partial charge is 0.356 e. The zero-order chi connectivity index (χ0) is 15.3. The number of amides is 1. The molecule has 0 radical (unpaired) electrons. The maximum Gasteiger partial charge on any atom is 0.356 e. The zero-order valence-electron chi connectivity index (χ0n) is 11.0. The molecule has 0 spiro atoms. The van der Waals surface area contributed by atoms with Gasteiger partial charge in [0.25, 0.3) is 10.0 Å². The van der Waals surface area contributed by atoms with Crippen LogP contribution in [0.1, 0.15) is 23.8 Å². The van der Waals surface area contributed by atoms with Gasteiger partial charge in [0.1, 0.15) is 0 Å². The molecule has 0 saturated heterocycles. The lowest BCUT2D eigenvalue weighted by molar-refractivity contribution is -0.121. The third-order valence-electron chi connectivity index (χ3n) is 2.32. The molecule has 20 heavy (non-hydrogen) atoms. The number of likely N-dealkylation sites (N-methyl/N-ethyl adjacent to an activating group) is 1. The second kappa shape index (κ2) is 6.77. The number of aromatic carboxylic acids is 1. The number of nitrogens with one attached hydrogen (secondary N) is 1. The third-order valence-corrected chi connectivity index (χ3v) is 5.47. The van der Waals surface area contributed by atoms with Crippen LogP contribution in [0.15, 0.2) is 9.72 Å². The Morgan fingerprint density at radius 1 is 1.50 bits per heavy atom. The number of hydrogen-bond acceptors (Lipinski definition) is 6. The Morgan fingerprint density at radius 2 is 2.15 bits per heavy atom. The molecule has 0 aliphatic rings. The van der Waals surface area contributed by atoms with Crippen molar-refractivity contribution >= 4 is 33.2 Å². The monoisotopic (exact) mass is 321 g/mol. The second-order valence-electron chi connectivity index (χ2n) is 3.90. The highest BCUT2D eigenvalue weighted by molar-refractivity contribution is 7.91. The van der Waals surface area contributed by atoms with E-state index in [1.165, 1.54) is 7.05 Å². The quantitative estimate of drug-likeness (QED) is 0.729. The van der Waals surface area contributed by atoms with Crippen LogP contribution in [0, 0.1) is 0 Å². The lowest BCUT2D eigenvalue weighted by Gasteiger charge is -2.15. The van der Waals surface area contributed by atoms with Gasteiger partial charge in [-0.25, -0.2) is 18.2 Å². The van der Waals surface area contributed by atoms with Crippen molar-refractivity contribution in [1.82, 2.24) is 14.6 Å². The fourth-order valence-corrected chi connectivity index (χ4v) is 3.77. The minimum absolute atomic E-state index is 0.376. The first-order valence-corrected chi connectivity index (χ1v) is 8.02. The number of hydrogen-bond donors (Lipinski definition) is 2. The predicted molar refractivity (Wildman–Crippen MR) is 72.2 cm³/mol. The van der Waals surface area contributed by atoms with Crippen molar-refractivity contribution in [2.75, 3.05) is 20.1 Å². The van der Waals surface area contributed by atoms with Gasteiger partial charge in [-0.3, -0.25) is 4.79 Å². The van der Waals surface area contributed by atoms with Gasteiger partial charge in [-0.1, -0.05) is 6.92 Å². The first-order chi connectivity index (χ1) is 9.30. The molecular weight excluding hydrogens is 306 g/mol. The highest BCUT2D eigenvalue weighted by Crippen LogP contribution is 2.23. The van der Waals surface area contributed by atoms with Gasteiger partial charge >= 0.3 is 5.97 Å². The summed E-state index contributed by atoms with van der Waals surface area (Å²) in [4.78, 5) is 25.9. The van der Waals surface area contributed by atoms with Crippen molar-refractivity contribution in [2.24, 2.45) is 0 Å². The molecule has 1 aromatic rings. The summed E-state index contributed by atoms with van der Waals surface area (Å²) < 4.78 is 24.8. The van der Waals surface area contributed by atoms with Gasteiger partial charge < -0.3 is 10.4 Å². The van der Waals surface area contributed by atoms with Crippen LogP contribution in [0.4, 0.5) is 0 Å². The number of aromatic nitrogens is 1. The summed E-state index contributed by atoms with van der Waals surface area (Å²) >= 11 is 0.705. The standard InChI is InChI=1S/C10H15N3O5S2/c1-3-4-11-7(14)5-13(2)20(17,18)10-8(9(15)16)12-6-19-10/h6H,3-5H2,1-2H3,(H,11,14)(H,15,16). The van der Waals surface area contributed by atoms with Crippen molar-refractivity contribution in [2.45, 2.75) is 17.6 Å². The van der Waals surface area contributed by atoms with E-state index in [9.17, 15) is 18.0 Å². The Morgan fingerprint density at radius 3 is 2.70 bits per heavy atom. The molecule has 0 saturated carbocycles. The molecule has 8 nitrogen and oxygen atoms in total. The average molecular weight is 321 g/mol. The maximum atomic E-state index is 12.2. The summed E-state index contributed by atoms with van der Waals surface area (Å²) in [5.41, 5.74) is 0.609. The highest BCUT2D eigenvalue weighted by atomic mass is 32.2. The molecule has 0 fully saturated rings. The molecule has 0 aromatic carbocycles. The third kappa shape index (κ3) is 3.74. The molecule has 1 rings (SSSR count). The number of carbonyl (C=O) groups is 2. The van der Waals surface area contributed by atoms with Gasteiger partial charge in [-0.2, -0.15) is 4.31 Å². The topological polar surface area (TPSA) is 117 Å². The largest absolute Gasteiger partial charge is 0.476 e. The summed E-state index contributed by atoms with van der Waals surface area (Å²) in [6, 6.07) is 0. The predicted octanol–water partition coefficient (Wildman–Crippen LogP) is -0.0120. The molecule has 10 heteroatoms. The van der Waals surface area contributed by atoms with E-state index in [2.05, 4.69) is 10.3 Å². The molecule has 1 heterocycles. The average Bonchev–Trinajstić information content (AvgIpc) is 2.86. The van der Waals surface area contributed by atoms with Gasteiger partial charge in [0, 0.05) is 13.6 Å². The second-order valence-corrected chi connectivity index (χ2v) is 7.00. The van der Waals surface area contributed by atoms with Crippen LogP contribution in [0.5, 0.6) is 0 Å². The van der Waals surface area contributed by atoms with E-state index >= 15 is 0 Å². The Kier molecular flexibility index (Phi) is 5.60. The number of rotatable bonds is 7. The van der Waals surface area contributed by atoms with Crippen molar-refractivity contribution in [1.29, 1.82) is 0 Å². The summed E-state index contributed by atoms with van der Waals surface area (Å²) in [5.74, 6) is -1.87. The van der Waals surface area contributed by atoms with E-state index in [4.69, 9.17) is 5.11 Å². The Balaban J connectivity index is 2.90. The summed E-state index contributed by atoms with van der Waals surface area (Å²) in [6.07, 6.45) is 0.736. The Hall–Kier alpha value is -1.52. The van der Waals surface area contributed by atoms with E-state index in [0.717, 1.165) is 16.2 Å². The van der Waals surface area contributed by atoms with E-state index in [0.29, 0.717) is 17.9 Å². The molecule has 0 bridgehead atoms. The lowest BCUT2D eigenvalue weighted by atomic mass is 10.4. The molecule has 1 amide bonds. The van der Waals surface area contributed by atoms with Gasteiger partial charge in [-0.15, -0.1) is 11.3 Å². The summed E-state index contributed by atoms with van der Waals surface area (Å²) in [5, 5.41) is 11.4. The summed E-state index contributed by atoms with van der Waals surface area (Å²) in [7, 11) is -2.83. The number of sulfonamides is 1. The SMILES string of the molecule is CCCNC(=O)CN(C)S(=O)(=O)c1scnc1C(=O)O. The Labute approximate surface area is 120 Å². The van der Waals surface area contributed by atoms with Crippen LogP contribution in [0.2, 0.25) is 0 Å². The lowest BCUT2D eigenvalue weighted by Crippen LogP contribution is -2.38. The van der Waals surface area contributed by atoms with E-state index < -0.39 is 27.6 Å². The van der Waals surface area contributed by atoms with Crippen LogP contribution in [-0.2, 0) is 14.8 Å². The zero-order valence-corrected chi connectivity index (χ0v) is 12.6. The molecule has 2 N–H and O–H groups in total. The van der Waals surface area contributed by atoms with Crippen molar-refractivity contribution in [3.05, 3.63) is 11.2 Å². The number of carboxylic acid groups (broad SMARTS) is 1. The Bertz CT molecular complexity index is 596. The van der Waals surface area contributed by atoms with Gasteiger partial charge in [0.05, 0.1) is 12.1 Å². The number of carboxylic acids is 1. The maximum absolute atomic E-state index is 12.2. The van der Waals surface area contributed by atoms with E-state index in [1.807, 2.05) is 6.92 Å². The number of nitrogens with zero attached hydrogens (tertiary/aromatic N) is 2. The molecule has 1 aromatic heterocycles. The normalized spacial score (nSPS) is 11.6. The van der Waals surface area contributed by atoms with Crippen LogP contribution in [0.25, 0.3) is 0 Å². The molecule has 0 aliphatic heterocycles. The van der Waals surface area contributed by atoms with Crippen molar-refractivity contribution in [3.63, 3.8) is 0 Å².